The van der Waals surface area contributed by atoms with Crippen LogP contribution < -0.4 is 0 Å². The predicted molar refractivity (Wildman–Crippen MR) is 77.9 cm³/mol. The van der Waals surface area contributed by atoms with E-state index in [0.717, 1.165) is 36.7 Å². The number of carbonyl (C=O) groups excluding carboxylic acids is 1. The molecule has 1 fully saturated rings. The molecule has 1 aromatic carbocycles. The molecule has 2 nitrogen and oxygen atoms in total. The number of alkyl halides is 1. The van der Waals surface area contributed by atoms with Crippen LogP contribution in [0.15, 0.2) is 24.3 Å². The lowest BCUT2D eigenvalue weighted by Crippen LogP contribution is -2.44. The molecule has 0 N–H and O–H groups in total. The van der Waals surface area contributed by atoms with Crippen LogP contribution in [0.2, 0.25) is 0 Å². The molecule has 1 heterocycles. The Hall–Kier alpha value is -0.900. The van der Waals surface area contributed by atoms with Gasteiger partial charge in [-0.05, 0) is 43.4 Å². The number of carbonyl (C=O) groups is 1. The van der Waals surface area contributed by atoms with Crippen molar-refractivity contribution in [2.24, 2.45) is 0 Å². The van der Waals surface area contributed by atoms with Crippen molar-refractivity contribution in [3.8, 4) is 0 Å². The van der Waals surface area contributed by atoms with Crippen molar-refractivity contribution < 1.29 is 9.18 Å². The van der Waals surface area contributed by atoms with Crippen molar-refractivity contribution in [3.05, 3.63) is 35.6 Å². The second-order valence-electron chi connectivity index (χ2n) is 5.02. The van der Waals surface area contributed by atoms with Crippen molar-refractivity contribution in [1.29, 1.82) is 0 Å². The Morgan fingerprint density at radius 2 is 2.05 bits per heavy atom. The van der Waals surface area contributed by atoms with E-state index in [-0.39, 0.29) is 11.7 Å². The highest BCUT2D eigenvalue weighted by atomic mass is 79.9. The Bertz CT molecular complexity index is 419. The second-order valence-corrected chi connectivity index (χ2v) is 5.81. The van der Waals surface area contributed by atoms with Crippen molar-refractivity contribution >= 4 is 21.8 Å². The highest BCUT2D eigenvalue weighted by Crippen LogP contribution is 2.21. The molecule has 1 unspecified atom stereocenters. The van der Waals surface area contributed by atoms with E-state index >= 15 is 0 Å². The maximum absolute atomic E-state index is 12.8. The third-order valence-electron chi connectivity index (χ3n) is 3.66. The predicted octanol–water partition coefficient (Wildman–Crippen LogP) is 3.53. The van der Waals surface area contributed by atoms with Gasteiger partial charge in [-0.15, -0.1) is 0 Å². The van der Waals surface area contributed by atoms with E-state index in [2.05, 4.69) is 15.9 Å². The molecule has 0 radical (unpaired) electrons. The fraction of sp³-hybridized carbons (Fsp3) is 0.533. The fourth-order valence-electron chi connectivity index (χ4n) is 2.63. The smallest absolute Gasteiger partial charge is 0.227 e. The molecule has 1 saturated heterocycles. The lowest BCUT2D eigenvalue weighted by molar-refractivity contribution is -0.134. The van der Waals surface area contributed by atoms with Crippen molar-refractivity contribution in [3.63, 3.8) is 0 Å². The SMILES string of the molecule is O=C(Cc1ccc(F)cc1)N1CCCCC1CCBr. The highest BCUT2D eigenvalue weighted by molar-refractivity contribution is 9.09. The van der Waals surface area contributed by atoms with Crippen LogP contribution in [0, 0.1) is 5.82 Å². The molecule has 0 bridgehead atoms. The van der Waals surface area contributed by atoms with Gasteiger partial charge in [0.2, 0.25) is 5.91 Å². The molecule has 2 rings (SSSR count). The molecule has 4 heteroatoms. The summed E-state index contributed by atoms with van der Waals surface area (Å²) in [6, 6.07) is 6.57. The summed E-state index contributed by atoms with van der Waals surface area (Å²) in [6.07, 6.45) is 4.78. The van der Waals surface area contributed by atoms with Crippen molar-refractivity contribution in [2.75, 3.05) is 11.9 Å². The number of halogens is 2. The Balaban J connectivity index is 1.99. The normalized spacial score (nSPS) is 19.5. The quantitative estimate of drug-likeness (QED) is 0.774. The number of hydrogen-bond acceptors (Lipinski definition) is 1. The number of benzene rings is 1. The van der Waals surface area contributed by atoms with E-state index in [1.807, 2.05) is 4.90 Å². The molecule has 1 aromatic rings. The second kappa shape index (κ2) is 7.04. The van der Waals surface area contributed by atoms with Crippen molar-refractivity contribution in [1.82, 2.24) is 4.90 Å². The van der Waals surface area contributed by atoms with Crippen LogP contribution in [-0.2, 0) is 11.2 Å². The third-order valence-corrected chi connectivity index (χ3v) is 4.12. The summed E-state index contributed by atoms with van der Waals surface area (Å²) < 4.78 is 12.8. The molecule has 1 aliphatic rings. The molecule has 104 valence electrons. The Kier molecular flexibility index (Phi) is 5.37. The summed E-state index contributed by atoms with van der Waals surface area (Å²) in [5.41, 5.74) is 0.884. The molecule has 0 aliphatic carbocycles. The first-order valence-electron chi connectivity index (χ1n) is 6.80. The van der Waals surface area contributed by atoms with Crippen LogP contribution in [0.5, 0.6) is 0 Å². The number of amides is 1. The standard InChI is InChI=1S/C15H19BrFNO/c16-9-8-14-3-1-2-10-18(14)15(19)11-12-4-6-13(17)7-5-12/h4-7,14H,1-3,8-11H2. The monoisotopic (exact) mass is 327 g/mol. The maximum atomic E-state index is 12.8. The molecule has 0 aromatic heterocycles. The van der Waals surface area contributed by atoms with Gasteiger partial charge in [-0.2, -0.15) is 0 Å². The average molecular weight is 328 g/mol. The molecular weight excluding hydrogens is 309 g/mol. The summed E-state index contributed by atoms with van der Waals surface area (Å²) in [4.78, 5) is 14.4. The number of likely N-dealkylation sites (tertiary alicyclic amines) is 1. The van der Waals surface area contributed by atoms with Gasteiger partial charge in [0.1, 0.15) is 5.82 Å². The van der Waals surface area contributed by atoms with E-state index in [1.54, 1.807) is 12.1 Å². The van der Waals surface area contributed by atoms with Gasteiger partial charge in [0.25, 0.3) is 0 Å². The van der Waals surface area contributed by atoms with E-state index in [0.29, 0.717) is 12.5 Å². The van der Waals surface area contributed by atoms with Gasteiger partial charge in [0.15, 0.2) is 0 Å². The van der Waals surface area contributed by atoms with Crippen LogP contribution in [0.4, 0.5) is 4.39 Å². The Morgan fingerprint density at radius 3 is 2.74 bits per heavy atom. The number of hydrogen-bond donors (Lipinski definition) is 0. The van der Waals surface area contributed by atoms with Crippen LogP contribution in [-0.4, -0.2) is 28.7 Å². The van der Waals surface area contributed by atoms with Gasteiger partial charge < -0.3 is 4.90 Å². The first kappa shape index (κ1) is 14.5. The molecular formula is C15H19BrFNO. The number of piperidine rings is 1. The van der Waals surface area contributed by atoms with E-state index < -0.39 is 0 Å². The van der Waals surface area contributed by atoms with Crippen molar-refractivity contribution in [2.45, 2.75) is 38.1 Å². The van der Waals surface area contributed by atoms with Gasteiger partial charge >= 0.3 is 0 Å². The average Bonchev–Trinajstić information content (AvgIpc) is 2.42. The molecule has 0 saturated carbocycles. The minimum absolute atomic E-state index is 0.164. The first-order chi connectivity index (χ1) is 9.20. The Labute approximate surface area is 122 Å². The topological polar surface area (TPSA) is 20.3 Å². The largest absolute Gasteiger partial charge is 0.339 e. The van der Waals surface area contributed by atoms with E-state index in [4.69, 9.17) is 0 Å². The van der Waals surface area contributed by atoms with Gasteiger partial charge in [-0.3, -0.25) is 4.79 Å². The van der Waals surface area contributed by atoms with Crippen LogP contribution in [0.25, 0.3) is 0 Å². The van der Waals surface area contributed by atoms with E-state index in [1.165, 1.54) is 18.6 Å². The number of nitrogens with zero attached hydrogens (tertiary/aromatic N) is 1. The number of rotatable bonds is 4. The summed E-state index contributed by atoms with van der Waals surface area (Å²) >= 11 is 3.46. The van der Waals surface area contributed by atoms with Gasteiger partial charge in [-0.1, -0.05) is 28.1 Å². The summed E-state index contributed by atoms with van der Waals surface area (Å²) in [5.74, 6) is -0.0939. The van der Waals surface area contributed by atoms with Gasteiger partial charge in [0, 0.05) is 17.9 Å². The van der Waals surface area contributed by atoms with Crippen LogP contribution in [0.3, 0.4) is 0 Å². The van der Waals surface area contributed by atoms with Gasteiger partial charge in [0.05, 0.1) is 6.42 Å². The molecule has 0 spiro atoms. The van der Waals surface area contributed by atoms with E-state index in [9.17, 15) is 9.18 Å². The lowest BCUT2D eigenvalue weighted by Gasteiger charge is -2.35. The zero-order chi connectivity index (χ0) is 13.7. The maximum Gasteiger partial charge on any atom is 0.227 e. The molecule has 1 amide bonds. The molecule has 1 atom stereocenters. The summed E-state index contributed by atoms with van der Waals surface area (Å²) in [6.45, 7) is 0.859. The summed E-state index contributed by atoms with van der Waals surface area (Å²) in [5, 5.41) is 0.929. The zero-order valence-electron chi connectivity index (χ0n) is 10.9. The van der Waals surface area contributed by atoms with Gasteiger partial charge in [-0.25, -0.2) is 4.39 Å². The summed E-state index contributed by atoms with van der Waals surface area (Å²) in [7, 11) is 0. The highest BCUT2D eigenvalue weighted by Gasteiger charge is 2.25. The minimum atomic E-state index is -0.258. The zero-order valence-corrected chi connectivity index (χ0v) is 12.5. The van der Waals surface area contributed by atoms with Crippen LogP contribution in [0.1, 0.15) is 31.2 Å². The molecule has 1 aliphatic heterocycles. The Morgan fingerprint density at radius 1 is 1.32 bits per heavy atom. The minimum Gasteiger partial charge on any atom is -0.339 e. The van der Waals surface area contributed by atoms with Crippen LogP contribution >= 0.6 is 15.9 Å². The first-order valence-corrected chi connectivity index (χ1v) is 7.92. The lowest BCUT2D eigenvalue weighted by atomic mass is 9.99. The fourth-order valence-corrected chi connectivity index (χ4v) is 3.16. The molecule has 19 heavy (non-hydrogen) atoms. The third kappa shape index (κ3) is 4.03.